The minimum atomic E-state index is -5.72. The highest BCUT2D eigenvalue weighted by Crippen LogP contribution is 2.64. The summed E-state index contributed by atoms with van der Waals surface area (Å²) in [6, 6.07) is -8.75. The number of hydrogen-bond donors (Lipinski definition) is 0. The Hall–Kier alpha value is -7.34. The minimum Gasteiger partial charge on any atom is -0.309 e. The molecule has 0 amide bonds. The van der Waals surface area contributed by atoms with E-state index in [1.807, 2.05) is 50.2 Å². The maximum atomic E-state index is 16.5. The lowest BCUT2D eigenvalue weighted by Gasteiger charge is -2.31. The van der Waals surface area contributed by atoms with Crippen molar-refractivity contribution < 1.29 is 47.5 Å². The zero-order valence-corrected chi connectivity index (χ0v) is 36.9. The summed E-state index contributed by atoms with van der Waals surface area (Å²) < 4.78 is 284. The zero-order valence-electron chi connectivity index (χ0n) is 63.1. The third kappa shape index (κ3) is 6.32. The van der Waals surface area contributed by atoms with Gasteiger partial charge in [0, 0.05) is 31.8 Å². The van der Waals surface area contributed by atoms with Crippen LogP contribution in [0.5, 0.6) is 0 Å². The molecule has 1 spiro atoms. The number of rotatable bonds is 8. The summed E-state index contributed by atoms with van der Waals surface area (Å²) in [5.41, 5.74) is 3.97. The first-order chi connectivity index (χ1) is 44.4. The molecule has 0 heterocycles. The first kappa shape index (κ1) is 21.1. The molecule has 0 fully saturated rings. The normalized spacial score (nSPS) is 19.0. The molecule has 0 aromatic heterocycles. The zero-order chi connectivity index (χ0) is 69.7. The van der Waals surface area contributed by atoms with E-state index in [4.69, 9.17) is 27.4 Å². The quantitative estimate of drug-likeness (QED) is 0.142. The van der Waals surface area contributed by atoms with E-state index in [1.54, 1.807) is 24.3 Å². The van der Waals surface area contributed by atoms with Gasteiger partial charge in [0.15, 0.2) is 14.3 Å². The molecule has 320 valence electrons. The summed E-state index contributed by atoms with van der Waals surface area (Å²) >= 11 is 0. The van der Waals surface area contributed by atoms with Crippen LogP contribution in [0.2, 0.25) is 0 Å². The van der Waals surface area contributed by atoms with Gasteiger partial charge in [0.25, 0.3) is 0 Å². The fraction of sp³-hybridized carbons (Fsp3) is 0.0476. The minimum absolute atomic E-state index is 0.00768. The topological polar surface area (TPSA) is 34.1 Å². The first-order valence-electron chi connectivity index (χ1n) is 34.7. The highest BCUT2D eigenvalue weighted by molar-refractivity contribution is 7.85. The molecule has 4 heteroatoms. The Kier molecular flexibility index (Phi) is 5.01. The van der Waals surface area contributed by atoms with Crippen LogP contribution in [-0.4, -0.2) is 0 Å². The summed E-state index contributed by atoms with van der Waals surface area (Å²) in [7, 11) is -11.4. The van der Waals surface area contributed by atoms with Crippen LogP contribution in [0.25, 0.3) is 44.5 Å². The third-order valence-electron chi connectivity index (χ3n) is 12.2. The predicted molar refractivity (Wildman–Crippen MR) is 282 cm³/mol. The van der Waals surface area contributed by atoms with Gasteiger partial charge in [-0.3, -0.25) is 0 Å². The van der Waals surface area contributed by atoms with Crippen molar-refractivity contribution in [2.24, 2.45) is 0 Å². The van der Waals surface area contributed by atoms with Gasteiger partial charge in [-0.2, -0.15) is 0 Å². The van der Waals surface area contributed by atoms with Crippen LogP contribution in [-0.2, 0) is 14.5 Å². The molecule has 0 atom stereocenters. The fourth-order valence-corrected chi connectivity index (χ4v) is 13.2. The van der Waals surface area contributed by atoms with E-state index in [2.05, 4.69) is 0 Å². The molecule has 67 heavy (non-hydrogen) atoms. The van der Waals surface area contributed by atoms with Gasteiger partial charge in [-0.05, 0) is 92.7 Å². The molecule has 0 bridgehead atoms. The van der Waals surface area contributed by atoms with E-state index in [0.717, 1.165) is 22.3 Å². The van der Waals surface area contributed by atoms with Crippen LogP contribution < -0.4 is 31.8 Å². The Labute approximate surface area is 432 Å². The molecular weight excluding hydrogens is 851 g/mol. The van der Waals surface area contributed by atoms with Crippen molar-refractivity contribution in [1.29, 1.82) is 0 Å². The van der Waals surface area contributed by atoms with E-state index >= 15 is 9.13 Å². The second kappa shape index (κ2) is 15.9. The van der Waals surface area contributed by atoms with Crippen LogP contribution in [0.3, 0.4) is 0 Å². The number of benzene rings is 10. The maximum Gasteiger partial charge on any atom is 0.171 e. The van der Waals surface area contributed by atoms with Gasteiger partial charge in [0.2, 0.25) is 0 Å². The summed E-state index contributed by atoms with van der Waals surface area (Å²) in [6.07, 6.45) is 0. The van der Waals surface area contributed by atoms with E-state index in [9.17, 15) is 11.0 Å². The number of fused-ring (bicyclic) bond motifs is 10. The largest absolute Gasteiger partial charge is 0.309 e. The smallest absolute Gasteiger partial charge is 0.171 e. The van der Waals surface area contributed by atoms with Gasteiger partial charge in [0.05, 0.1) is 43.8 Å². The van der Waals surface area contributed by atoms with Crippen molar-refractivity contribution >= 4 is 46.1 Å². The molecule has 0 radical (unpaired) electrons. The molecule has 0 unspecified atom stereocenters. The molecule has 2 aliphatic rings. The van der Waals surface area contributed by atoms with Crippen molar-refractivity contribution in [3.05, 3.63) is 275 Å². The van der Waals surface area contributed by atoms with Crippen molar-refractivity contribution in [2.75, 3.05) is 0 Å². The molecule has 0 saturated heterocycles. The third-order valence-corrected chi connectivity index (χ3v) is 17.3. The Morgan fingerprint density at radius 3 is 0.896 bits per heavy atom. The summed E-state index contributed by atoms with van der Waals surface area (Å²) in [6.45, 7) is 3.70. The average molecular weight is 925 g/mol. The fourth-order valence-electron chi connectivity index (χ4n) is 9.26. The van der Waals surface area contributed by atoms with Crippen LogP contribution in [0.1, 0.15) is 71.8 Å². The molecule has 10 aromatic carbocycles. The second-order valence-corrected chi connectivity index (χ2v) is 21.0. The summed E-state index contributed by atoms with van der Waals surface area (Å²) in [5.74, 6) is 0. The van der Waals surface area contributed by atoms with E-state index < -0.39 is 232 Å². The number of hydrogen-bond acceptors (Lipinski definition) is 2. The molecule has 2 nitrogen and oxygen atoms in total. The Bertz CT molecular complexity index is 4710. The lowest BCUT2D eigenvalue weighted by atomic mass is 9.69. The van der Waals surface area contributed by atoms with Crippen LogP contribution in [0.4, 0.5) is 0 Å². The highest BCUT2D eigenvalue weighted by atomic mass is 31.2. The van der Waals surface area contributed by atoms with E-state index in [0.29, 0.717) is 33.4 Å². The molecule has 12 rings (SSSR count). The lowest BCUT2D eigenvalue weighted by Crippen LogP contribution is -2.26. The van der Waals surface area contributed by atoms with Gasteiger partial charge < -0.3 is 9.13 Å². The van der Waals surface area contributed by atoms with Crippen molar-refractivity contribution in [3.8, 4) is 44.5 Å². The van der Waals surface area contributed by atoms with E-state index in [-0.39, 0.29) is 11.1 Å². The van der Waals surface area contributed by atoms with Crippen LogP contribution >= 0.6 is 14.3 Å². The Morgan fingerprint density at radius 1 is 0.313 bits per heavy atom. The lowest BCUT2D eigenvalue weighted by molar-refractivity contribution is 0.591. The van der Waals surface area contributed by atoms with Gasteiger partial charge in [0.1, 0.15) is 0 Å². The van der Waals surface area contributed by atoms with Gasteiger partial charge >= 0.3 is 0 Å². The van der Waals surface area contributed by atoms with Gasteiger partial charge in [-0.1, -0.05) is 241 Å². The molecule has 0 aliphatic heterocycles. The second-order valence-electron chi connectivity index (χ2n) is 15.9. The summed E-state index contributed by atoms with van der Waals surface area (Å²) in [4.78, 5) is 0. The average Bonchev–Trinajstić information content (AvgIpc) is 1.56. The van der Waals surface area contributed by atoms with Crippen molar-refractivity contribution in [3.63, 3.8) is 0 Å². The molecule has 0 saturated carbocycles. The molecule has 2 aliphatic carbocycles. The van der Waals surface area contributed by atoms with Crippen molar-refractivity contribution in [1.82, 2.24) is 0 Å². The molecule has 10 aromatic rings. The Morgan fingerprint density at radius 2 is 0.582 bits per heavy atom. The molecule has 0 N–H and O–H groups in total. The maximum absolute atomic E-state index is 16.5. The monoisotopic (exact) mass is 924 g/mol. The van der Waals surface area contributed by atoms with E-state index in [1.165, 1.54) is 12.1 Å². The Balaban J connectivity index is 1.13. The summed E-state index contributed by atoms with van der Waals surface area (Å²) in [5, 5.41) is -6.79. The van der Waals surface area contributed by atoms with Crippen LogP contribution in [0.15, 0.2) is 242 Å². The predicted octanol–water partition coefficient (Wildman–Crippen LogP) is 13.3. The van der Waals surface area contributed by atoms with Crippen LogP contribution in [0, 0.1) is 13.8 Å². The van der Waals surface area contributed by atoms with Gasteiger partial charge in [-0.15, -0.1) is 0 Å². The highest BCUT2D eigenvalue weighted by Gasteiger charge is 2.52. The number of aryl methyl sites for hydroxylation is 2. The first-order valence-corrected chi connectivity index (χ1v) is 24.1. The standard InChI is InChI=1S/C63H46O2P2/c1-43-23-35-55-56-36-24-44(2)40-60(56)63(59(55)39-43)61-41-47(45-25-31-53(32-26-45)66(64,49-15-7-3-8-16-49)50-17-9-4-10-18-50)29-37-57(61)58-38-30-48(42-62(58)63)46-27-33-54(34-28-46)67(65,51-19-11-5-12-20-51)52-21-13-6-14-22-52/h3-42H,1-2H3/i3D,4D,5D,6D,7D,8D,9D,10D,11D,12D,13D,14D,15D,16D,17D,18D,19D,20D,21D,22D,25D,26D,27D,28D,31D,32D,33D,34D. The van der Waals surface area contributed by atoms with Crippen molar-refractivity contribution in [2.45, 2.75) is 19.3 Å². The molecular formula is C63H46O2P2. The van der Waals surface area contributed by atoms with Gasteiger partial charge in [-0.25, -0.2) is 0 Å². The SMILES string of the molecule is [2H]c1c([2H])c([2H])c(P(=O)(c2c([2H])c([2H])c([2H])c([2H])c2[2H])c2c([2H])c([2H])c(-c3ccc4c(c3)C3(c5cc(C)ccc5-c5ccc(C)cc53)c3cc(-c5c([2H])c([2H])c(P(=O)(c6c([2H])c([2H])c([2H])c([2H])c6[2H])c6c([2H])c([2H])c([2H])c([2H])c6[2H])c([2H])c5[2H])ccc3-4)c([2H])c2[2H])c([2H])c1[2H].